The molecular weight excluding hydrogens is 342 g/mol. The van der Waals surface area contributed by atoms with Crippen LogP contribution in [-0.2, 0) is 19.1 Å². The number of rotatable bonds is 3. The number of fused-ring (bicyclic) bond motifs is 2. The Morgan fingerprint density at radius 2 is 2.00 bits per heavy atom. The molecule has 2 saturated heterocycles. The maximum Gasteiger partial charge on any atom is 0.313 e. The van der Waals surface area contributed by atoms with Gasteiger partial charge in [-0.2, -0.15) is 0 Å². The lowest BCUT2D eigenvalue weighted by Gasteiger charge is -2.23. The fourth-order valence-corrected chi connectivity index (χ4v) is 4.73. The molecule has 5 rings (SSSR count). The van der Waals surface area contributed by atoms with Gasteiger partial charge in [0, 0.05) is 5.39 Å². The Balaban J connectivity index is 1.55. The molecule has 2 aromatic carbocycles. The standard InChI is InChI=1S/C22H21NO4/c1-13(2)26-21(25)18-17-10-11-22(27-17)12-23(20(24)19(18)22)16-9-5-7-14-6-3-4-8-15(14)16/h3-11,13,17-19H,12H2,1-2H3/t17-,18-,19-,22+/m0/s1. The highest BCUT2D eigenvalue weighted by Gasteiger charge is 2.67. The molecule has 3 aliphatic rings. The van der Waals surface area contributed by atoms with E-state index in [0.29, 0.717) is 6.54 Å². The third-order valence-corrected chi connectivity index (χ3v) is 5.78. The summed E-state index contributed by atoms with van der Waals surface area (Å²) in [5.74, 6) is -1.52. The maximum absolute atomic E-state index is 13.4. The highest BCUT2D eigenvalue weighted by atomic mass is 16.6. The molecule has 5 nitrogen and oxygen atoms in total. The van der Waals surface area contributed by atoms with Gasteiger partial charge in [-0.05, 0) is 25.3 Å². The van der Waals surface area contributed by atoms with Crippen molar-refractivity contribution in [2.45, 2.75) is 31.7 Å². The molecule has 2 bridgehead atoms. The predicted molar refractivity (Wildman–Crippen MR) is 101 cm³/mol. The van der Waals surface area contributed by atoms with Gasteiger partial charge in [-0.15, -0.1) is 0 Å². The summed E-state index contributed by atoms with van der Waals surface area (Å²) in [7, 11) is 0. The topological polar surface area (TPSA) is 55.8 Å². The number of amides is 1. The van der Waals surface area contributed by atoms with Crippen molar-refractivity contribution in [2.75, 3.05) is 11.4 Å². The van der Waals surface area contributed by atoms with Crippen LogP contribution in [0.2, 0.25) is 0 Å². The van der Waals surface area contributed by atoms with Crippen LogP contribution in [-0.4, -0.2) is 36.2 Å². The molecular formula is C22H21NO4. The van der Waals surface area contributed by atoms with Gasteiger partial charge < -0.3 is 14.4 Å². The number of ether oxygens (including phenoxy) is 2. The van der Waals surface area contributed by atoms with Gasteiger partial charge in [-0.3, -0.25) is 9.59 Å². The van der Waals surface area contributed by atoms with E-state index in [0.717, 1.165) is 16.5 Å². The summed E-state index contributed by atoms with van der Waals surface area (Å²) in [5, 5.41) is 2.10. The fraction of sp³-hybridized carbons (Fsp3) is 0.364. The van der Waals surface area contributed by atoms with E-state index in [4.69, 9.17) is 9.47 Å². The van der Waals surface area contributed by atoms with Crippen molar-refractivity contribution in [1.82, 2.24) is 0 Å². The molecule has 1 spiro atoms. The minimum atomic E-state index is -0.737. The molecule has 4 atom stereocenters. The zero-order valence-electron chi connectivity index (χ0n) is 15.3. The summed E-state index contributed by atoms with van der Waals surface area (Å²) in [6.07, 6.45) is 3.27. The summed E-state index contributed by atoms with van der Waals surface area (Å²) >= 11 is 0. The molecule has 138 valence electrons. The number of anilines is 1. The first-order valence-electron chi connectivity index (χ1n) is 9.37. The number of esters is 1. The zero-order chi connectivity index (χ0) is 18.8. The second-order valence-electron chi connectivity index (χ2n) is 7.81. The van der Waals surface area contributed by atoms with Crippen molar-refractivity contribution in [2.24, 2.45) is 11.8 Å². The van der Waals surface area contributed by atoms with Gasteiger partial charge in [0.15, 0.2) is 0 Å². The van der Waals surface area contributed by atoms with Crippen molar-refractivity contribution >= 4 is 28.3 Å². The first-order chi connectivity index (χ1) is 13.0. The zero-order valence-corrected chi connectivity index (χ0v) is 15.3. The summed E-state index contributed by atoms with van der Waals surface area (Å²) in [4.78, 5) is 27.9. The van der Waals surface area contributed by atoms with E-state index in [1.54, 1.807) is 4.90 Å². The van der Waals surface area contributed by atoms with Crippen LogP contribution < -0.4 is 4.90 Å². The second kappa shape index (κ2) is 5.67. The maximum atomic E-state index is 13.4. The Morgan fingerprint density at radius 1 is 1.22 bits per heavy atom. The molecule has 2 aromatic rings. The Hall–Kier alpha value is -2.66. The summed E-state index contributed by atoms with van der Waals surface area (Å²) < 4.78 is 11.6. The second-order valence-corrected chi connectivity index (χ2v) is 7.81. The third-order valence-electron chi connectivity index (χ3n) is 5.78. The average molecular weight is 363 g/mol. The van der Waals surface area contributed by atoms with Crippen molar-refractivity contribution < 1.29 is 19.1 Å². The smallest absolute Gasteiger partial charge is 0.313 e. The fourth-order valence-electron chi connectivity index (χ4n) is 4.73. The minimum Gasteiger partial charge on any atom is -0.463 e. The van der Waals surface area contributed by atoms with E-state index in [-0.39, 0.29) is 24.1 Å². The van der Waals surface area contributed by atoms with E-state index in [1.165, 1.54) is 0 Å². The molecule has 5 heteroatoms. The van der Waals surface area contributed by atoms with Crippen molar-refractivity contribution in [1.29, 1.82) is 0 Å². The van der Waals surface area contributed by atoms with Crippen LogP contribution in [0.5, 0.6) is 0 Å². The number of carbonyl (C=O) groups excluding carboxylic acids is 2. The molecule has 0 aromatic heterocycles. The first-order valence-corrected chi connectivity index (χ1v) is 9.37. The monoisotopic (exact) mass is 363 g/mol. The van der Waals surface area contributed by atoms with Gasteiger partial charge in [-0.25, -0.2) is 0 Å². The van der Waals surface area contributed by atoms with Crippen LogP contribution >= 0.6 is 0 Å². The molecule has 0 radical (unpaired) electrons. The minimum absolute atomic E-state index is 0.0658. The SMILES string of the molecule is CC(C)OC(=O)[C@H]1[C@@H]2C=C[C@]3(CN(c4cccc5ccccc45)C(=O)[C@H]13)O2. The van der Waals surface area contributed by atoms with Crippen LogP contribution in [0.15, 0.2) is 54.6 Å². The van der Waals surface area contributed by atoms with E-state index in [1.807, 2.05) is 68.5 Å². The van der Waals surface area contributed by atoms with Gasteiger partial charge in [0.05, 0.1) is 30.4 Å². The highest BCUT2D eigenvalue weighted by molar-refractivity contribution is 6.08. The van der Waals surface area contributed by atoms with Gasteiger partial charge in [-0.1, -0.05) is 48.6 Å². The number of hydrogen-bond donors (Lipinski definition) is 0. The largest absolute Gasteiger partial charge is 0.463 e. The molecule has 0 aliphatic carbocycles. The van der Waals surface area contributed by atoms with E-state index in [9.17, 15) is 9.59 Å². The van der Waals surface area contributed by atoms with Crippen LogP contribution in [0.25, 0.3) is 10.8 Å². The first kappa shape index (κ1) is 16.5. The van der Waals surface area contributed by atoms with Gasteiger partial charge in [0.2, 0.25) is 5.91 Å². The molecule has 2 fully saturated rings. The molecule has 0 N–H and O–H groups in total. The number of hydrogen-bond acceptors (Lipinski definition) is 4. The van der Waals surface area contributed by atoms with Crippen molar-refractivity contribution in [3.8, 4) is 0 Å². The Bertz CT molecular complexity index is 976. The molecule has 3 aliphatic heterocycles. The summed E-state index contributed by atoms with van der Waals surface area (Å²) in [6, 6.07) is 13.9. The Morgan fingerprint density at radius 3 is 2.81 bits per heavy atom. The van der Waals surface area contributed by atoms with Gasteiger partial charge in [0.1, 0.15) is 11.5 Å². The van der Waals surface area contributed by atoms with Crippen LogP contribution in [0.3, 0.4) is 0 Å². The van der Waals surface area contributed by atoms with Crippen LogP contribution in [0.1, 0.15) is 13.8 Å². The van der Waals surface area contributed by atoms with Gasteiger partial charge >= 0.3 is 5.97 Å². The Kier molecular flexibility index (Phi) is 3.46. The molecule has 0 saturated carbocycles. The van der Waals surface area contributed by atoms with Gasteiger partial charge in [0.25, 0.3) is 0 Å². The number of benzene rings is 2. The highest BCUT2D eigenvalue weighted by Crippen LogP contribution is 2.53. The van der Waals surface area contributed by atoms with Crippen molar-refractivity contribution in [3.05, 3.63) is 54.6 Å². The van der Waals surface area contributed by atoms with Crippen molar-refractivity contribution in [3.63, 3.8) is 0 Å². The Labute approximate surface area is 157 Å². The molecule has 0 unspecified atom stereocenters. The lowest BCUT2D eigenvalue weighted by molar-refractivity contribution is -0.156. The normalized spacial score (nSPS) is 31.1. The molecule has 3 heterocycles. The lowest BCUT2D eigenvalue weighted by atomic mass is 9.77. The molecule has 1 amide bonds. The summed E-state index contributed by atoms with van der Waals surface area (Å²) in [6.45, 7) is 4.05. The lowest BCUT2D eigenvalue weighted by Crippen LogP contribution is -2.40. The number of carbonyl (C=O) groups is 2. The quantitative estimate of drug-likeness (QED) is 0.621. The van der Waals surface area contributed by atoms with Crippen LogP contribution in [0, 0.1) is 11.8 Å². The third kappa shape index (κ3) is 2.28. The molecule has 27 heavy (non-hydrogen) atoms. The summed E-state index contributed by atoms with van der Waals surface area (Å²) in [5.41, 5.74) is 0.123. The van der Waals surface area contributed by atoms with E-state index >= 15 is 0 Å². The number of nitrogens with zero attached hydrogens (tertiary/aromatic N) is 1. The predicted octanol–water partition coefficient (Wildman–Crippen LogP) is 3.08. The average Bonchev–Trinajstić information content (AvgIpc) is 3.29. The van der Waals surface area contributed by atoms with E-state index < -0.39 is 17.4 Å². The van der Waals surface area contributed by atoms with Crippen LogP contribution in [0.4, 0.5) is 5.69 Å². The van der Waals surface area contributed by atoms with E-state index in [2.05, 4.69) is 0 Å².